The zero-order valence-corrected chi connectivity index (χ0v) is 8.45. The third kappa shape index (κ3) is 3.35. The van der Waals surface area contributed by atoms with Crippen LogP contribution in [0.25, 0.3) is 0 Å². The standard InChI is InChI=1S/C10H19NO2/c1-7(2)6-13-10(12)8-3-4-9(11)5-8/h7-9H,3-6,11H2,1-2H3. The molecule has 1 aliphatic rings. The number of hydrogen-bond acceptors (Lipinski definition) is 3. The summed E-state index contributed by atoms with van der Waals surface area (Å²) in [6.07, 6.45) is 2.66. The van der Waals surface area contributed by atoms with Gasteiger partial charge < -0.3 is 10.5 Å². The highest BCUT2D eigenvalue weighted by Gasteiger charge is 2.28. The number of ether oxygens (including phenoxy) is 1. The van der Waals surface area contributed by atoms with Gasteiger partial charge in [-0.2, -0.15) is 0 Å². The molecule has 1 saturated carbocycles. The molecule has 3 heteroatoms. The maximum Gasteiger partial charge on any atom is 0.308 e. The second kappa shape index (κ2) is 4.61. The molecule has 1 aliphatic carbocycles. The van der Waals surface area contributed by atoms with Crippen LogP contribution in [-0.4, -0.2) is 18.6 Å². The minimum Gasteiger partial charge on any atom is -0.465 e. The summed E-state index contributed by atoms with van der Waals surface area (Å²) in [4.78, 5) is 11.4. The van der Waals surface area contributed by atoms with Crippen LogP contribution in [0.1, 0.15) is 33.1 Å². The van der Waals surface area contributed by atoms with E-state index in [-0.39, 0.29) is 17.9 Å². The van der Waals surface area contributed by atoms with Crippen molar-refractivity contribution in [2.45, 2.75) is 39.2 Å². The van der Waals surface area contributed by atoms with Gasteiger partial charge in [0.25, 0.3) is 0 Å². The highest BCUT2D eigenvalue weighted by atomic mass is 16.5. The van der Waals surface area contributed by atoms with Crippen molar-refractivity contribution in [3.8, 4) is 0 Å². The van der Waals surface area contributed by atoms with Crippen LogP contribution in [0.3, 0.4) is 0 Å². The number of hydrogen-bond donors (Lipinski definition) is 1. The van der Waals surface area contributed by atoms with Crippen LogP contribution in [0.15, 0.2) is 0 Å². The fourth-order valence-electron chi connectivity index (χ4n) is 1.60. The fourth-order valence-corrected chi connectivity index (χ4v) is 1.60. The Morgan fingerprint density at radius 3 is 2.69 bits per heavy atom. The first-order valence-electron chi connectivity index (χ1n) is 5.01. The van der Waals surface area contributed by atoms with Gasteiger partial charge in [0.2, 0.25) is 0 Å². The van der Waals surface area contributed by atoms with Gasteiger partial charge in [0.05, 0.1) is 12.5 Å². The molecule has 0 aromatic heterocycles. The average molecular weight is 185 g/mol. The van der Waals surface area contributed by atoms with Gasteiger partial charge in [-0.05, 0) is 25.2 Å². The van der Waals surface area contributed by atoms with Crippen LogP contribution in [0.4, 0.5) is 0 Å². The molecule has 0 amide bonds. The zero-order valence-electron chi connectivity index (χ0n) is 8.45. The molecule has 13 heavy (non-hydrogen) atoms. The smallest absolute Gasteiger partial charge is 0.308 e. The summed E-state index contributed by atoms with van der Waals surface area (Å²) < 4.78 is 5.14. The largest absolute Gasteiger partial charge is 0.465 e. The molecule has 0 radical (unpaired) electrons. The highest BCUT2D eigenvalue weighted by Crippen LogP contribution is 2.25. The molecule has 1 rings (SSSR count). The monoisotopic (exact) mass is 185 g/mol. The number of nitrogens with two attached hydrogens (primary N) is 1. The molecule has 2 unspecified atom stereocenters. The van der Waals surface area contributed by atoms with Crippen molar-refractivity contribution in [1.82, 2.24) is 0 Å². The summed E-state index contributed by atoms with van der Waals surface area (Å²) in [6, 6.07) is 0.205. The van der Waals surface area contributed by atoms with E-state index < -0.39 is 0 Å². The molecule has 0 bridgehead atoms. The minimum absolute atomic E-state index is 0.0540. The van der Waals surface area contributed by atoms with E-state index in [1.54, 1.807) is 0 Å². The summed E-state index contributed by atoms with van der Waals surface area (Å²) >= 11 is 0. The normalized spacial score (nSPS) is 28.0. The molecular formula is C10H19NO2. The number of carbonyl (C=O) groups excluding carboxylic acids is 1. The first-order chi connectivity index (χ1) is 6.09. The van der Waals surface area contributed by atoms with Crippen LogP contribution in [0, 0.1) is 11.8 Å². The summed E-state index contributed by atoms with van der Waals surface area (Å²) in [7, 11) is 0. The van der Waals surface area contributed by atoms with Gasteiger partial charge in [-0.15, -0.1) is 0 Å². The van der Waals surface area contributed by atoms with Gasteiger partial charge >= 0.3 is 5.97 Å². The number of rotatable bonds is 3. The van der Waals surface area contributed by atoms with Crippen molar-refractivity contribution in [3.63, 3.8) is 0 Å². The first kappa shape index (κ1) is 10.5. The molecule has 0 saturated heterocycles. The lowest BCUT2D eigenvalue weighted by Crippen LogP contribution is -2.20. The lowest BCUT2D eigenvalue weighted by atomic mass is 10.1. The van der Waals surface area contributed by atoms with E-state index in [2.05, 4.69) is 0 Å². The van der Waals surface area contributed by atoms with Crippen molar-refractivity contribution < 1.29 is 9.53 Å². The average Bonchev–Trinajstić information content (AvgIpc) is 2.47. The Morgan fingerprint density at radius 2 is 2.23 bits per heavy atom. The Labute approximate surface area is 79.6 Å². The Kier molecular flexibility index (Phi) is 3.72. The quantitative estimate of drug-likeness (QED) is 0.674. The van der Waals surface area contributed by atoms with E-state index in [0.29, 0.717) is 12.5 Å². The third-order valence-corrected chi connectivity index (χ3v) is 2.37. The second-order valence-corrected chi connectivity index (χ2v) is 4.29. The Balaban J connectivity index is 2.24. The van der Waals surface area contributed by atoms with Crippen molar-refractivity contribution in [2.75, 3.05) is 6.61 Å². The van der Waals surface area contributed by atoms with E-state index in [4.69, 9.17) is 10.5 Å². The lowest BCUT2D eigenvalue weighted by Gasteiger charge is -2.11. The molecular weight excluding hydrogens is 166 g/mol. The summed E-state index contributed by atoms with van der Waals surface area (Å²) in [5.41, 5.74) is 5.71. The molecule has 1 fully saturated rings. The summed E-state index contributed by atoms with van der Waals surface area (Å²) in [6.45, 7) is 4.60. The maximum absolute atomic E-state index is 11.4. The third-order valence-electron chi connectivity index (χ3n) is 2.37. The summed E-state index contributed by atoms with van der Waals surface area (Å²) in [5, 5.41) is 0. The highest BCUT2D eigenvalue weighted by molar-refractivity contribution is 5.72. The molecule has 0 aliphatic heterocycles. The Hall–Kier alpha value is -0.570. The van der Waals surface area contributed by atoms with Crippen LogP contribution in [0.5, 0.6) is 0 Å². The molecule has 0 spiro atoms. The van der Waals surface area contributed by atoms with E-state index in [0.717, 1.165) is 19.3 Å². The molecule has 2 atom stereocenters. The molecule has 3 nitrogen and oxygen atoms in total. The lowest BCUT2D eigenvalue weighted by molar-refractivity contribution is -0.149. The number of carbonyl (C=O) groups is 1. The molecule has 0 aromatic rings. The van der Waals surface area contributed by atoms with Crippen molar-refractivity contribution >= 4 is 5.97 Å². The predicted molar refractivity (Wildman–Crippen MR) is 51.1 cm³/mol. The van der Waals surface area contributed by atoms with Crippen molar-refractivity contribution in [1.29, 1.82) is 0 Å². The minimum atomic E-state index is -0.0540. The summed E-state index contributed by atoms with van der Waals surface area (Å²) in [5.74, 6) is 0.425. The molecule has 0 heterocycles. The topological polar surface area (TPSA) is 52.3 Å². The van der Waals surface area contributed by atoms with E-state index in [9.17, 15) is 4.79 Å². The van der Waals surface area contributed by atoms with Gasteiger partial charge in [-0.25, -0.2) is 0 Å². The predicted octanol–water partition coefficient (Wildman–Crippen LogP) is 1.31. The van der Waals surface area contributed by atoms with Gasteiger partial charge in [-0.1, -0.05) is 13.8 Å². The van der Waals surface area contributed by atoms with Crippen molar-refractivity contribution in [3.05, 3.63) is 0 Å². The number of esters is 1. The van der Waals surface area contributed by atoms with Gasteiger partial charge in [0, 0.05) is 6.04 Å². The van der Waals surface area contributed by atoms with Crippen LogP contribution >= 0.6 is 0 Å². The Morgan fingerprint density at radius 1 is 1.54 bits per heavy atom. The van der Waals surface area contributed by atoms with E-state index in [1.807, 2.05) is 13.8 Å². The van der Waals surface area contributed by atoms with E-state index in [1.165, 1.54) is 0 Å². The SMILES string of the molecule is CC(C)COC(=O)C1CCC(N)C1. The van der Waals surface area contributed by atoms with Crippen LogP contribution in [0.2, 0.25) is 0 Å². The van der Waals surface area contributed by atoms with Crippen LogP contribution in [-0.2, 0) is 9.53 Å². The fraction of sp³-hybridized carbons (Fsp3) is 0.900. The molecule has 76 valence electrons. The van der Waals surface area contributed by atoms with Gasteiger partial charge in [0.1, 0.15) is 0 Å². The van der Waals surface area contributed by atoms with Gasteiger partial charge in [-0.3, -0.25) is 4.79 Å². The second-order valence-electron chi connectivity index (χ2n) is 4.29. The Bertz CT molecular complexity index is 180. The maximum atomic E-state index is 11.4. The molecule has 2 N–H and O–H groups in total. The molecule has 0 aromatic carbocycles. The van der Waals surface area contributed by atoms with Gasteiger partial charge in [0.15, 0.2) is 0 Å². The van der Waals surface area contributed by atoms with Crippen LogP contribution < -0.4 is 5.73 Å². The zero-order chi connectivity index (χ0) is 9.84. The van der Waals surface area contributed by atoms with Crippen molar-refractivity contribution in [2.24, 2.45) is 17.6 Å². The van der Waals surface area contributed by atoms with E-state index >= 15 is 0 Å². The first-order valence-corrected chi connectivity index (χ1v) is 5.01.